The molecule has 0 saturated carbocycles. The standard InChI is InChI=1S/C29H37FN4O6SSi/c1-41(37,38)40-25(26(21-8-6-5-7-9-21)22-10-12-23(30)13-11-22)19-34-15-14-33-29(34)27(31)28(36)24(35)18-32-20-39-16-17-42(2,3)4/h5-15,18,25-26,31-32,35H,16-17,19-20H2,1-4H3/b24-18+,31-27?/t25-,26+/m0/s1. The largest absolute Gasteiger partial charge is 0.503 e. The second kappa shape index (κ2) is 14.5. The Bertz CT molecular complexity index is 1490. The Morgan fingerprint density at radius 1 is 1.14 bits per heavy atom. The number of carbonyl (C=O) groups is 1. The highest BCUT2D eigenvalue weighted by molar-refractivity contribution is 7.86. The van der Waals surface area contributed by atoms with E-state index in [1.54, 1.807) is 36.4 Å². The molecule has 2 atom stereocenters. The van der Waals surface area contributed by atoms with Gasteiger partial charge in [-0.3, -0.25) is 14.4 Å². The van der Waals surface area contributed by atoms with Gasteiger partial charge in [0.1, 0.15) is 24.4 Å². The molecule has 10 nitrogen and oxygen atoms in total. The molecule has 0 radical (unpaired) electrons. The highest BCUT2D eigenvalue weighted by Crippen LogP contribution is 2.32. The van der Waals surface area contributed by atoms with Gasteiger partial charge in [-0.15, -0.1) is 0 Å². The number of ether oxygens (including phenoxy) is 1. The molecule has 13 heteroatoms. The molecule has 1 heterocycles. The second-order valence-electron chi connectivity index (χ2n) is 11.0. The third-order valence-corrected chi connectivity index (χ3v) is 8.55. The van der Waals surface area contributed by atoms with Gasteiger partial charge in [-0.25, -0.2) is 9.37 Å². The zero-order valence-electron chi connectivity index (χ0n) is 24.1. The molecular formula is C29H37FN4O6SSi. The van der Waals surface area contributed by atoms with Crippen LogP contribution in [0.5, 0.6) is 0 Å². The molecular weight excluding hydrogens is 579 g/mol. The van der Waals surface area contributed by atoms with Crippen molar-refractivity contribution in [3.8, 4) is 0 Å². The van der Waals surface area contributed by atoms with E-state index < -0.39 is 53.3 Å². The fourth-order valence-electron chi connectivity index (χ4n) is 4.19. The van der Waals surface area contributed by atoms with Gasteiger partial charge < -0.3 is 19.7 Å². The third-order valence-electron chi connectivity index (χ3n) is 6.25. The van der Waals surface area contributed by atoms with Crippen molar-refractivity contribution in [1.82, 2.24) is 14.9 Å². The number of hydrogen-bond donors (Lipinski definition) is 3. The first kappa shape index (κ1) is 32.9. The van der Waals surface area contributed by atoms with Crippen molar-refractivity contribution >= 4 is 29.7 Å². The number of benzene rings is 2. The molecule has 0 saturated heterocycles. The number of halogens is 1. The van der Waals surface area contributed by atoms with E-state index in [1.807, 2.05) is 6.07 Å². The van der Waals surface area contributed by atoms with E-state index >= 15 is 0 Å². The Kier molecular flexibility index (Phi) is 11.3. The lowest BCUT2D eigenvalue weighted by Gasteiger charge is -2.28. The molecule has 3 N–H and O–H groups in total. The van der Waals surface area contributed by atoms with Crippen LogP contribution in [0.4, 0.5) is 4.39 Å². The minimum absolute atomic E-state index is 0.0819. The van der Waals surface area contributed by atoms with E-state index in [-0.39, 0.29) is 19.1 Å². The average Bonchev–Trinajstić information content (AvgIpc) is 3.38. The number of aliphatic hydroxyl groups excluding tert-OH is 1. The van der Waals surface area contributed by atoms with Gasteiger partial charge in [0.05, 0.1) is 12.8 Å². The maximum absolute atomic E-state index is 13.8. The molecule has 0 fully saturated rings. The van der Waals surface area contributed by atoms with Crippen LogP contribution in [0.15, 0.2) is 79.0 Å². The Hall–Kier alpha value is -3.65. The third kappa shape index (κ3) is 10.0. The monoisotopic (exact) mass is 616 g/mol. The molecule has 3 rings (SSSR count). The predicted octanol–water partition coefficient (Wildman–Crippen LogP) is 4.44. The zero-order chi connectivity index (χ0) is 30.9. The number of rotatable bonds is 16. The van der Waals surface area contributed by atoms with Gasteiger partial charge in [0.2, 0.25) is 5.78 Å². The van der Waals surface area contributed by atoms with Gasteiger partial charge >= 0.3 is 0 Å². The molecule has 0 bridgehead atoms. The molecule has 0 aliphatic rings. The van der Waals surface area contributed by atoms with E-state index in [9.17, 15) is 22.7 Å². The zero-order valence-corrected chi connectivity index (χ0v) is 25.9. The van der Waals surface area contributed by atoms with Crippen molar-refractivity contribution < 1.29 is 31.6 Å². The summed E-state index contributed by atoms with van der Waals surface area (Å²) in [5.41, 5.74) is 0.707. The van der Waals surface area contributed by atoms with E-state index in [0.717, 1.165) is 18.5 Å². The van der Waals surface area contributed by atoms with Crippen LogP contribution < -0.4 is 5.32 Å². The van der Waals surface area contributed by atoms with Crippen LogP contribution >= 0.6 is 0 Å². The lowest BCUT2D eigenvalue weighted by Crippen LogP contribution is -2.32. The van der Waals surface area contributed by atoms with E-state index in [4.69, 9.17) is 14.3 Å². The molecule has 226 valence electrons. The van der Waals surface area contributed by atoms with Gasteiger partial charge in [-0.2, -0.15) is 8.42 Å². The molecule has 0 aliphatic heterocycles. The van der Waals surface area contributed by atoms with E-state index in [2.05, 4.69) is 29.9 Å². The predicted molar refractivity (Wildman–Crippen MR) is 161 cm³/mol. The molecule has 0 spiro atoms. The van der Waals surface area contributed by atoms with Crippen molar-refractivity contribution in [3.05, 3.63) is 102 Å². The average molecular weight is 617 g/mol. The van der Waals surface area contributed by atoms with Crippen LogP contribution in [-0.2, 0) is 30.4 Å². The molecule has 3 aromatic rings. The summed E-state index contributed by atoms with van der Waals surface area (Å²) in [5.74, 6) is -2.91. The van der Waals surface area contributed by atoms with Crippen LogP contribution in [-0.4, -0.2) is 68.3 Å². The normalized spacial score (nSPS) is 13.9. The quantitative estimate of drug-likeness (QED) is 0.0408. The first-order chi connectivity index (χ1) is 19.7. The van der Waals surface area contributed by atoms with Crippen LogP contribution in [0.2, 0.25) is 25.7 Å². The summed E-state index contributed by atoms with van der Waals surface area (Å²) in [6.07, 6.45) is 3.76. The summed E-state index contributed by atoms with van der Waals surface area (Å²) >= 11 is 0. The van der Waals surface area contributed by atoms with Crippen LogP contribution in [0.25, 0.3) is 0 Å². The summed E-state index contributed by atoms with van der Waals surface area (Å²) in [6, 6.07) is 15.6. The minimum Gasteiger partial charge on any atom is -0.503 e. The fourth-order valence-corrected chi connectivity index (χ4v) is 5.57. The lowest BCUT2D eigenvalue weighted by molar-refractivity contribution is -0.112. The number of ketones is 1. The number of carbonyl (C=O) groups excluding carboxylic acids is 1. The summed E-state index contributed by atoms with van der Waals surface area (Å²) in [7, 11) is -5.23. The van der Waals surface area contributed by atoms with Crippen molar-refractivity contribution in [3.63, 3.8) is 0 Å². The number of nitrogens with one attached hydrogen (secondary N) is 2. The summed E-state index contributed by atoms with van der Waals surface area (Å²) < 4.78 is 50.9. The molecule has 0 aliphatic carbocycles. The van der Waals surface area contributed by atoms with Crippen LogP contribution in [0.3, 0.4) is 0 Å². The van der Waals surface area contributed by atoms with Crippen molar-refractivity contribution in [2.75, 3.05) is 19.6 Å². The van der Waals surface area contributed by atoms with Crippen molar-refractivity contribution in [1.29, 1.82) is 5.41 Å². The van der Waals surface area contributed by atoms with Gasteiger partial charge in [0, 0.05) is 39.2 Å². The topological polar surface area (TPSA) is 144 Å². The number of allylic oxidation sites excluding steroid dienone is 1. The minimum atomic E-state index is -3.98. The van der Waals surface area contributed by atoms with Crippen molar-refractivity contribution in [2.24, 2.45) is 0 Å². The summed E-state index contributed by atoms with van der Waals surface area (Å²) in [6.45, 7) is 7.18. The molecule has 1 aromatic heterocycles. The fraction of sp³-hybridized carbons (Fsp3) is 0.345. The first-order valence-corrected chi connectivity index (χ1v) is 18.8. The number of nitrogens with zero attached hydrogens (tertiary/aromatic N) is 2. The first-order valence-electron chi connectivity index (χ1n) is 13.3. The van der Waals surface area contributed by atoms with Crippen LogP contribution in [0.1, 0.15) is 22.9 Å². The Morgan fingerprint density at radius 3 is 2.40 bits per heavy atom. The van der Waals surface area contributed by atoms with Gasteiger partial charge in [0.15, 0.2) is 11.6 Å². The van der Waals surface area contributed by atoms with E-state index in [0.29, 0.717) is 17.7 Å². The molecule has 2 aromatic carbocycles. The number of aliphatic hydroxyl groups is 1. The summed E-state index contributed by atoms with van der Waals surface area (Å²) in [5, 5.41) is 21.4. The van der Waals surface area contributed by atoms with Gasteiger partial charge in [-0.1, -0.05) is 62.1 Å². The number of imidazole rings is 1. The maximum Gasteiger partial charge on any atom is 0.264 e. The molecule has 0 unspecified atom stereocenters. The smallest absolute Gasteiger partial charge is 0.264 e. The Labute approximate surface area is 246 Å². The number of Topliss-reactive ketones (excluding diaryl/α,β-unsaturated/α-hetero) is 1. The number of hydrogen-bond acceptors (Lipinski definition) is 9. The Balaban J connectivity index is 1.84. The molecule has 0 amide bonds. The highest BCUT2D eigenvalue weighted by Gasteiger charge is 2.31. The summed E-state index contributed by atoms with van der Waals surface area (Å²) in [4.78, 5) is 16.9. The molecule has 42 heavy (non-hydrogen) atoms. The van der Waals surface area contributed by atoms with Crippen molar-refractivity contribution in [2.45, 2.75) is 44.3 Å². The Morgan fingerprint density at radius 2 is 1.79 bits per heavy atom. The van der Waals surface area contributed by atoms with Crippen LogP contribution in [0, 0.1) is 11.2 Å². The van der Waals surface area contributed by atoms with Gasteiger partial charge in [-0.05, 0) is 29.3 Å². The van der Waals surface area contributed by atoms with E-state index in [1.165, 1.54) is 29.1 Å². The van der Waals surface area contributed by atoms with Gasteiger partial charge in [0.25, 0.3) is 10.1 Å². The maximum atomic E-state index is 13.8. The highest BCUT2D eigenvalue weighted by atomic mass is 32.2. The number of aromatic nitrogens is 2. The second-order valence-corrected chi connectivity index (χ2v) is 18.2. The lowest BCUT2D eigenvalue weighted by atomic mass is 9.86. The SMILES string of the molecule is C[Si](C)(C)CCOCN/C=C(/O)C(=O)C(=N)c1nccn1C[C@H](OS(C)(=O)=O)[C@H](c1ccccc1)c1ccc(F)cc1.